The summed E-state index contributed by atoms with van der Waals surface area (Å²) >= 11 is 1.65. The van der Waals surface area contributed by atoms with E-state index in [1.54, 1.807) is 16.7 Å². The second-order valence-electron chi connectivity index (χ2n) is 7.39. The summed E-state index contributed by atoms with van der Waals surface area (Å²) in [5.41, 5.74) is 1.10. The average molecular weight is 348 g/mol. The summed E-state index contributed by atoms with van der Waals surface area (Å²) in [4.78, 5) is 15.6. The molecule has 2 aliphatic rings. The Morgan fingerprint density at radius 1 is 1.08 bits per heavy atom. The quantitative estimate of drug-likeness (QED) is 0.803. The smallest absolute Gasteiger partial charge is 0.252 e. The zero-order valence-corrected chi connectivity index (χ0v) is 15.7. The summed E-state index contributed by atoms with van der Waals surface area (Å²) < 4.78 is 0. The Hall–Kier alpha value is -1.00. The predicted molar refractivity (Wildman–Crippen MR) is 101 cm³/mol. The Labute approximate surface area is 150 Å². The molecule has 0 aromatic heterocycles. The molecule has 3 nitrogen and oxygen atoms in total. The molecular weight excluding hydrogens is 316 g/mol. The highest BCUT2D eigenvalue weighted by Gasteiger charge is 2.42. The van der Waals surface area contributed by atoms with Crippen molar-refractivity contribution in [2.45, 2.75) is 61.8 Å². The average Bonchev–Trinajstić information content (AvgIpc) is 2.67. The van der Waals surface area contributed by atoms with Crippen LogP contribution in [0.15, 0.2) is 29.2 Å². The molecule has 1 amide bonds. The number of carbonyl (C=O) groups is 1. The number of amides is 1. The maximum absolute atomic E-state index is 12.8. The number of nitrogens with one attached hydrogen (secondary N) is 2. The van der Waals surface area contributed by atoms with E-state index in [1.807, 2.05) is 30.5 Å². The van der Waals surface area contributed by atoms with Crippen LogP contribution in [0.4, 0.5) is 0 Å². The van der Waals surface area contributed by atoms with E-state index in [-0.39, 0.29) is 11.4 Å². The molecule has 2 N–H and O–H groups in total. The number of rotatable bonds is 5. The van der Waals surface area contributed by atoms with E-state index in [4.69, 9.17) is 0 Å². The molecule has 0 atom stereocenters. The summed E-state index contributed by atoms with van der Waals surface area (Å²) in [7, 11) is 0. The Bertz CT molecular complexity index is 548. The molecule has 1 aliphatic carbocycles. The third kappa shape index (κ3) is 3.97. The van der Waals surface area contributed by atoms with Gasteiger partial charge < -0.3 is 10.2 Å². The van der Waals surface area contributed by atoms with Crippen LogP contribution in [0.5, 0.6) is 0 Å². The molecule has 0 radical (unpaired) electrons. The fraction of sp³-hybridized carbons (Fsp3) is 0.650. The second-order valence-corrected chi connectivity index (χ2v) is 8.24. The first-order valence-corrected chi connectivity index (χ1v) is 10.7. The molecule has 1 saturated heterocycles. The molecule has 0 spiro atoms. The Kier molecular flexibility index (Phi) is 6.23. The van der Waals surface area contributed by atoms with Gasteiger partial charge in [-0.2, -0.15) is 0 Å². The fourth-order valence-corrected chi connectivity index (χ4v) is 5.16. The third-order valence-corrected chi connectivity index (χ3v) is 6.75. The van der Waals surface area contributed by atoms with Crippen LogP contribution in [-0.2, 0) is 0 Å². The topological polar surface area (TPSA) is 33.5 Å². The lowest BCUT2D eigenvalue weighted by Crippen LogP contribution is -3.22. The van der Waals surface area contributed by atoms with Crippen molar-refractivity contribution in [2.75, 3.05) is 25.9 Å². The number of carbonyl (C=O) groups excluding carboxylic acids is 1. The van der Waals surface area contributed by atoms with Gasteiger partial charge in [-0.05, 0) is 50.5 Å². The lowest BCUT2D eigenvalue weighted by molar-refractivity contribution is -0.957. The number of likely N-dealkylation sites (tertiary alicyclic amines) is 1. The molecule has 0 bridgehead atoms. The summed E-state index contributed by atoms with van der Waals surface area (Å²) in [5, 5.41) is 3.31. The van der Waals surface area contributed by atoms with Crippen molar-refractivity contribution in [3.05, 3.63) is 29.8 Å². The van der Waals surface area contributed by atoms with E-state index in [1.165, 1.54) is 64.5 Å². The summed E-state index contributed by atoms with van der Waals surface area (Å²) in [6.07, 6.45) is 12.7. The van der Waals surface area contributed by atoms with Gasteiger partial charge in [0.1, 0.15) is 5.54 Å². The molecule has 1 saturated carbocycles. The van der Waals surface area contributed by atoms with Crippen molar-refractivity contribution in [1.29, 1.82) is 0 Å². The molecule has 132 valence electrons. The SMILES string of the molecule is CSc1ccccc1C(=O)NCC1([NH+]2CCCCC2)CCCCC1. The van der Waals surface area contributed by atoms with Crippen LogP contribution >= 0.6 is 11.8 Å². The Morgan fingerprint density at radius 2 is 1.75 bits per heavy atom. The maximum Gasteiger partial charge on any atom is 0.252 e. The minimum absolute atomic E-state index is 0.0984. The van der Waals surface area contributed by atoms with Crippen LogP contribution in [0.25, 0.3) is 0 Å². The first-order chi connectivity index (χ1) is 11.7. The fourth-order valence-electron chi connectivity index (χ4n) is 4.57. The van der Waals surface area contributed by atoms with Crippen molar-refractivity contribution in [1.82, 2.24) is 5.32 Å². The minimum atomic E-state index is 0.0984. The third-order valence-electron chi connectivity index (χ3n) is 5.96. The standard InChI is InChI=1S/C20H30N2OS/c1-24-18-11-5-4-10-17(18)19(23)21-16-20(12-6-2-7-13-20)22-14-8-3-9-15-22/h4-5,10-11H,2-3,6-9,12-16H2,1H3,(H,21,23)/p+1. The normalized spacial score (nSPS) is 21.4. The van der Waals surface area contributed by atoms with Gasteiger partial charge in [-0.3, -0.25) is 4.79 Å². The first kappa shape index (κ1) is 17.8. The van der Waals surface area contributed by atoms with E-state index in [0.717, 1.165) is 17.0 Å². The number of piperidine rings is 1. The number of hydrogen-bond acceptors (Lipinski definition) is 2. The Morgan fingerprint density at radius 3 is 2.46 bits per heavy atom. The number of benzene rings is 1. The van der Waals surface area contributed by atoms with E-state index in [9.17, 15) is 4.79 Å². The van der Waals surface area contributed by atoms with Gasteiger partial charge in [0.2, 0.25) is 0 Å². The van der Waals surface area contributed by atoms with Gasteiger partial charge >= 0.3 is 0 Å². The molecule has 2 fully saturated rings. The molecule has 1 aromatic carbocycles. The number of quaternary nitrogens is 1. The maximum atomic E-state index is 12.8. The highest BCUT2D eigenvalue weighted by atomic mass is 32.2. The van der Waals surface area contributed by atoms with Gasteiger partial charge in [0.05, 0.1) is 25.2 Å². The summed E-state index contributed by atoms with van der Waals surface area (Å²) in [6, 6.07) is 7.94. The molecule has 3 rings (SSSR count). The van der Waals surface area contributed by atoms with E-state index < -0.39 is 0 Å². The van der Waals surface area contributed by atoms with E-state index in [2.05, 4.69) is 5.32 Å². The van der Waals surface area contributed by atoms with E-state index >= 15 is 0 Å². The largest absolute Gasteiger partial charge is 0.346 e. The van der Waals surface area contributed by atoms with Gasteiger partial charge in [-0.15, -0.1) is 11.8 Å². The van der Waals surface area contributed by atoms with Gasteiger partial charge in [-0.25, -0.2) is 0 Å². The van der Waals surface area contributed by atoms with Crippen molar-refractivity contribution in [2.24, 2.45) is 0 Å². The zero-order valence-electron chi connectivity index (χ0n) is 14.9. The number of hydrogen-bond donors (Lipinski definition) is 2. The highest BCUT2D eigenvalue weighted by Crippen LogP contribution is 2.26. The monoisotopic (exact) mass is 347 g/mol. The van der Waals surface area contributed by atoms with E-state index in [0.29, 0.717) is 0 Å². The minimum Gasteiger partial charge on any atom is -0.346 e. The molecule has 4 heteroatoms. The Balaban J connectivity index is 1.70. The lowest BCUT2D eigenvalue weighted by Gasteiger charge is -2.45. The van der Waals surface area contributed by atoms with Crippen molar-refractivity contribution >= 4 is 17.7 Å². The van der Waals surface area contributed by atoms with Crippen LogP contribution in [0.2, 0.25) is 0 Å². The molecule has 24 heavy (non-hydrogen) atoms. The van der Waals surface area contributed by atoms with Crippen molar-refractivity contribution in [3.8, 4) is 0 Å². The van der Waals surface area contributed by atoms with Crippen molar-refractivity contribution < 1.29 is 9.69 Å². The van der Waals surface area contributed by atoms with Gasteiger partial charge in [0.15, 0.2) is 0 Å². The molecule has 1 heterocycles. The summed E-state index contributed by atoms with van der Waals surface area (Å²) in [6.45, 7) is 3.42. The van der Waals surface area contributed by atoms with Crippen LogP contribution in [0.1, 0.15) is 61.7 Å². The van der Waals surface area contributed by atoms with Crippen LogP contribution in [0, 0.1) is 0 Å². The molecular formula is C20H31N2OS+. The summed E-state index contributed by atoms with van der Waals surface area (Å²) in [5.74, 6) is 0.0984. The van der Waals surface area contributed by atoms with Crippen LogP contribution < -0.4 is 10.2 Å². The van der Waals surface area contributed by atoms with Gasteiger partial charge in [0, 0.05) is 17.7 Å². The van der Waals surface area contributed by atoms with Crippen LogP contribution in [0.3, 0.4) is 0 Å². The van der Waals surface area contributed by atoms with Crippen molar-refractivity contribution in [3.63, 3.8) is 0 Å². The van der Waals surface area contributed by atoms with Crippen LogP contribution in [-0.4, -0.2) is 37.3 Å². The zero-order chi connectivity index (χ0) is 16.8. The molecule has 1 aliphatic heterocycles. The molecule has 1 aromatic rings. The van der Waals surface area contributed by atoms with Gasteiger partial charge in [-0.1, -0.05) is 18.6 Å². The van der Waals surface area contributed by atoms with Gasteiger partial charge in [0.25, 0.3) is 5.91 Å². The predicted octanol–water partition coefficient (Wildman–Crippen LogP) is 2.91. The molecule has 0 unspecified atom stereocenters. The lowest BCUT2D eigenvalue weighted by atomic mass is 9.79. The highest BCUT2D eigenvalue weighted by molar-refractivity contribution is 7.98. The second kappa shape index (κ2) is 8.39. The number of thioether (sulfide) groups is 1. The first-order valence-electron chi connectivity index (χ1n) is 9.52.